The molecule has 0 amide bonds. The lowest BCUT2D eigenvalue weighted by atomic mass is 9.86. The molecule has 0 atom stereocenters. The third-order valence-electron chi connectivity index (χ3n) is 2.12. The number of Topliss-reactive ketones (excluding diaryl/α,β-unsaturated/α-hetero) is 1. The highest BCUT2D eigenvalue weighted by Gasteiger charge is 2.29. The van der Waals surface area contributed by atoms with Crippen molar-refractivity contribution >= 4 is 33.3 Å². The third-order valence-corrected chi connectivity index (χ3v) is 3.29. The number of halogens is 3. The molecule has 82 valence electrons. The molecule has 1 rings (SSSR count). The SMILES string of the molecule is CC(C)(CCl)C(=O)c1ccc(Br)cc1F. The van der Waals surface area contributed by atoms with E-state index < -0.39 is 11.2 Å². The van der Waals surface area contributed by atoms with Crippen molar-refractivity contribution in [3.63, 3.8) is 0 Å². The van der Waals surface area contributed by atoms with E-state index in [1.165, 1.54) is 12.1 Å². The summed E-state index contributed by atoms with van der Waals surface area (Å²) in [6.07, 6.45) is 0. The Morgan fingerprint density at radius 2 is 2.13 bits per heavy atom. The Kier molecular flexibility index (Phi) is 3.90. The van der Waals surface area contributed by atoms with Gasteiger partial charge in [-0.25, -0.2) is 4.39 Å². The van der Waals surface area contributed by atoms with Crippen molar-refractivity contribution in [2.75, 3.05) is 5.88 Å². The van der Waals surface area contributed by atoms with Crippen LogP contribution in [0, 0.1) is 11.2 Å². The second-order valence-electron chi connectivity index (χ2n) is 3.97. The minimum absolute atomic E-state index is 0.0869. The first-order valence-corrected chi connectivity index (χ1v) is 5.77. The smallest absolute Gasteiger partial charge is 0.172 e. The summed E-state index contributed by atoms with van der Waals surface area (Å²) in [7, 11) is 0. The van der Waals surface area contributed by atoms with E-state index >= 15 is 0 Å². The number of alkyl halides is 1. The molecule has 1 nitrogen and oxygen atoms in total. The maximum atomic E-state index is 13.5. The molecule has 0 saturated carbocycles. The first-order chi connectivity index (χ1) is 6.88. The van der Waals surface area contributed by atoms with Gasteiger partial charge in [0.25, 0.3) is 0 Å². The number of carbonyl (C=O) groups excluding carboxylic acids is 1. The summed E-state index contributed by atoms with van der Waals surface area (Å²) in [5, 5.41) is 0. The number of benzene rings is 1. The van der Waals surface area contributed by atoms with Gasteiger partial charge in [0.1, 0.15) is 5.82 Å². The van der Waals surface area contributed by atoms with Gasteiger partial charge >= 0.3 is 0 Å². The highest BCUT2D eigenvalue weighted by molar-refractivity contribution is 9.10. The summed E-state index contributed by atoms with van der Waals surface area (Å²) in [5.74, 6) is -0.628. The number of hydrogen-bond acceptors (Lipinski definition) is 1. The molecule has 1 aromatic carbocycles. The Hall–Kier alpha value is -0.410. The van der Waals surface area contributed by atoms with Gasteiger partial charge in [-0.3, -0.25) is 4.79 Å². The molecule has 0 aliphatic carbocycles. The van der Waals surface area contributed by atoms with E-state index in [9.17, 15) is 9.18 Å². The zero-order valence-corrected chi connectivity index (χ0v) is 10.8. The molecule has 0 bridgehead atoms. The topological polar surface area (TPSA) is 17.1 Å². The van der Waals surface area contributed by atoms with Gasteiger partial charge in [0.15, 0.2) is 5.78 Å². The molecule has 0 N–H and O–H groups in total. The van der Waals surface area contributed by atoms with Crippen LogP contribution >= 0.6 is 27.5 Å². The van der Waals surface area contributed by atoms with Crippen LogP contribution in [0.2, 0.25) is 0 Å². The van der Waals surface area contributed by atoms with Crippen molar-refractivity contribution in [3.05, 3.63) is 34.1 Å². The number of carbonyl (C=O) groups is 1. The first-order valence-electron chi connectivity index (χ1n) is 4.44. The lowest BCUT2D eigenvalue weighted by molar-refractivity contribution is 0.0857. The lowest BCUT2D eigenvalue weighted by Crippen LogP contribution is -2.26. The van der Waals surface area contributed by atoms with Gasteiger partial charge in [0.05, 0.1) is 5.56 Å². The van der Waals surface area contributed by atoms with E-state index in [1.807, 2.05) is 0 Å². The van der Waals surface area contributed by atoms with Crippen molar-refractivity contribution in [1.29, 1.82) is 0 Å². The molecule has 0 radical (unpaired) electrons. The first kappa shape index (κ1) is 12.7. The average molecular weight is 294 g/mol. The van der Waals surface area contributed by atoms with Gasteiger partial charge in [0, 0.05) is 15.8 Å². The molecule has 1 aromatic rings. The van der Waals surface area contributed by atoms with Crippen LogP contribution in [0.5, 0.6) is 0 Å². The molecule has 0 spiro atoms. The van der Waals surface area contributed by atoms with Crippen molar-refractivity contribution < 1.29 is 9.18 Å². The quantitative estimate of drug-likeness (QED) is 0.607. The highest BCUT2D eigenvalue weighted by atomic mass is 79.9. The zero-order valence-electron chi connectivity index (χ0n) is 8.48. The molecule has 15 heavy (non-hydrogen) atoms. The maximum absolute atomic E-state index is 13.5. The monoisotopic (exact) mass is 292 g/mol. The van der Waals surface area contributed by atoms with Crippen molar-refractivity contribution in [2.45, 2.75) is 13.8 Å². The Morgan fingerprint density at radius 1 is 1.53 bits per heavy atom. The van der Waals surface area contributed by atoms with Crippen molar-refractivity contribution in [2.24, 2.45) is 5.41 Å². The van der Waals surface area contributed by atoms with E-state index in [0.717, 1.165) is 0 Å². The van der Waals surface area contributed by atoms with Gasteiger partial charge in [0.2, 0.25) is 0 Å². The second kappa shape index (κ2) is 4.62. The standard InChI is InChI=1S/C11H11BrClFO/c1-11(2,6-13)10(15)8-4-3-7(12)5-9(8)14/h3-5H,6H2,1-2H3. The third kappa shape index (κ3) is 2.79. The van der Waals surface area contributed by atoms with Crippen molar-refractivity contribution in [3.8, 4) is 0 Å². The van der Waals surface area contributed by atoms with E-state index in [4.69, 9.17) is 11.6 Å². The normalized spacial score (nSPS) is 11.5. The van der Waals surface area contributed by atoms with Gasteiger partial charge < -0.3 is 0 Å². The largest absolute Gasteiger partial charge is 0.293 e. The molecule has 4 heteroatoms. The molecule has 0 aliphatic heterocycles. The average Bonchev–Trinajstić information content (AvgIpc) is 2.17. The molecular formula is C11H11BrClFO. The minimum atomic E-state index is -0.740. The van der Waals surface area contributed by atoms with Gasteiger partial charge in [-0.05, 0) is 18.2 Å². The van der Waals surface area contributed by atoms with Crippen LogP contribution in [0.15, 0.2) is 22.7 Å². The maximum Gasteiger partial charge on any atom is 0.172 e. The van der Waals surface area contributed by atoms with Crippen LogP contribution in [-0.4, -0.2) is 11.7 Å². The summed E-state index contributed by atoms with van der Waals surface area (Å²) >= 11 is 8.80. The minimum Gasteiger partial charge on any atom is -0.293 e. The van der Waals surface area contributed by atoms with Crippen LogP contribution in [0.4, 0.5) is 4.39 Å². The van der Waals surface area contributed by atoms with Gasteiger partial charge in [-0.15, -0.1) is 11.6 Å². The fourth-order valence-corrected chi connectivity index (χ4v) is 1.55. The Bertz CT molecular complexity index is 390. The fourth-order valence-electron chi connectivity index (χ4n) is 1.10. The second-order valence-corrected chi connectivity index (χ2v) is 5.15. The van der Waals surface area contributed by atoms with Crippen LogP contribution in [-0.2, 0) is 0 Å². The molecule has 0 heterocycles. The molecule has 0 aliphatic rings. The Balaban J connectivity index is 3.12. The predicted molar refractivity (Wildman–Crippen MR) is 62.9 cm³/mol. The fraction of sp³-hybridized carbons (Fsp3) is 0.364. The Morgan fingerprint density at radius 3 is 2.60 bits per heavy atom. The van der Waals surface area contributed by atoms with E-state index in [2.05, 4.69) is 15.9 Å². The van der Waals surface area contributed by atoms with Crippen LogP contribution in [0.25, 0.3) is 0 Å². The van der Waals surface area contributed by atoms with E-state index in [1.54, 1.807) is 19.9 Å². The predicted octanol–water partition coefficient (Wildman–Crippen LogP) is 4.04. The lowest BCUT2D eigenvalue weighted by Gasteiger charge is -2.19. The molecule has 0 fully saturated rings. The number of ketones is 1. The molecular weight excluding hydrogens is 282 g/mol. The van der Waals surface area contributed by atoms with Crippen LogP contribution in [0.3, 0.4) is 0 Å². The van der Waals surface area contributed by atoms with Crippen LogP contribution < -0.4 is 0 Å². The summed E-state index contributed by atoms with van der Waals surface area (Å²) in [6, 6.07) is 4.38. The van der Waals surface area contributed by atoms with E-state index in [-0.39, 0.29) is 17.2 Å². The Labute approximate surface area is 102 Å². The number of rotatable bonds is 3. The number of hydrogen-bond donors (Lipinski definition) is 0. The molecule has 0 saturated heterocycles. The zero-order chi connectivity index (χ0) is 11.6. The summed E-state index contributed by atoms with van der Waals surface area (Å²) < 4.78 is 14.1. The van der Waals surface area contributed by atoms with Crippen molar-refractivity contribution in [1.82, 2.24) is 0 Å². The summed E-state index contributed by atoms with van der Waals surface area (Å²) in [6.45, 7) is 3.40. The summed E-state index contributed by atoms with van der Waals surface area (Å²) in [5.41, 5.74) is -0.653. The van der Waals surface area contributed by atoms with Crippen LogP contribution in [0.1, 0.15) is 24.2 Å². The van der Waals surface area contributed by atoms with Gasteiger partial charge in [-0.1, -0.05) is 29.8 Å². The molecule has 0 unspecified atom stereocenters. The summed E-state index contributed by atoms with van der Waals surface area (Å²) in [4.78, 5) is 11.9. The van der Waals surface area contributed by atoms with E-state index in [0.29, 0.717) is 4.47 Å². The highest BCUT2D eigenvalue weighted by Crippen LogP contribution is 2.26. The van der Waals surface area contributed by atoms with Gasteiger partial charge in [-0.2, -0.15) is 0 Å². The molecule has 0 aromatic heterocycles.